The first kappa shape index (κ1) is 12.2. The first-order valence-corrected chi connectivity index (χ1v) is 5.29. The smallest absolute Gasteiger partial charge is 0.244 e. The predicted octanol–water partition coefficient (Wildman–Crippen LogP) is 0.729. The monoisotopic (exact) mass is 219 g/mol. The van der Waals surface area contributed by atoms with Gasteiger partial charge in [-0.15, -0.1) is 0 Å². The van der Waals surface area contributed by atoms with Gasteiger partial charge in [0, 0.05) is 5.92 Å². The maximum Gasteiger partial charge on any atom is 0.244 e. The molecule has 0 spiro atoms. The number of piperidine rings is 1. The molecule has 84 valence electrons. The van der Waals surface area contributed by atoms with Crippen molar-refractivity contribution >= 4 is 11.8 Å². The van der Waals surface area contributed by atoms with E-state index in [1.165, 1.54) is 0 Å². The van der Waals surface area contributed by atoms with Crippen LogP contribution in [0.25, 0.3) is 0 Å². The van der Waals surface area contributed by atoms with E-state index >= 15 is 0 Å². The molecule has 1 heterocycles. The van der Waals surface area contributed by atoms with E-state index in [0.717, 1.165) is 12.8 Å². The fourth-order valence-electron chi connectivity index (χ4n) is 1.94. The SMILES string of the molecule is CCCCC1[C@H](C#N)C(=O)NC(=O)[C@@H]1C#N. The highest BCUT2D eigenvalue weighted by molar-refractivity contribution is 6.02. The van der Waals surface area contributed by atoms with Gasteiger partial charge in [-0.2, -0.15) is 10.5 Å². The molecule has 0 bridgehead atoms. The van der Waals surface area contributed by atoms with Crippen LogP contribution in [0.2, 0.25) is 0 Å². The second-order valence-electron chi connectivity index (χ2n) is 3.87. The normalized spacial score (nSPS) is 29.1. The van der Waals surface area contributed by atoms with Gasteiger partial charge in [-0.25, -0.2) is 0 Å². The third-order valence-corrected chi connectivity index (χ3v) is 2.84. The van der Waals surface area contributed by atoms with Gasteiger partial charge < -0.3 is 0 Å². The van der Waals surface area contributed by atoms with E-state index in [-0.39, 0.29) is 0 Å². The van der Waals surface area contributed by atoms with Crippen LogP contribution in [-0.2, 0) is 9.59 Å². The molecule has 1 fully saturated rings. The van der Waals surface area contributed by atoms with Gasteiger partial charge in [0.15, 0.2) is 0 Å². The number of imide groups is 1. The van der Waals surface area contributed by atoms with Crippen molar-refractivity contribution in [2.75, 3.05) is 0 Å². The molecule has 16 heavy (non-hydrogen) atoms. The average molecular weight is 219 g/mol. The molecule has 0 aromatic heterocycles. The molecule has 1 unspecified atom stereocenters. The predicted molar refractivity (Wildman–Crippen MR) is 54.4 cm³/mol. The van der Waals surface area contributed by atoms with E-state index in [1.807, 2.05) is 19.1 Å². The number of hydrogen-bond donors (Lipinski definition) is 1. The Morgan fingerprint density at radius 3 is 2.06 bits per heavy atom. The van der Waals surface area contributed by atoms with E-state index < -0.39 is 29.6 Å². The van der Waals surface area contributed by atoms with Gasteiger partial charge in [0.25, 0.3) is 0 Å². The fourth-order valence-corrected chi connectivity index (χ4v) is 1.94. The molecular formula is C11H13N3O2. The maximum atomic E-state index is 11.4. The van der Waals surface area contributed by atoms with Crippen molar-refractivity contribution in [3.63, 3.8) is 0 Å². The van der Waals surface area contributed by atoms with Crippen molar-refractivity contribution in [2.45, 2.75) is 26.2 Å². The second kappa shape index (κ2) is 5.27. The van der Waals surface area contributed by atoms with Crippen LogP contribution in [0.4, 0.5) is 0 Å². The van der Waals surface area contributed by atoms with Crippen molar-refractivity contribution in [1.29, 1.82) is 10.5 Å². The molecular weight excluding hydrogens is 206 g/mol. The number of carbonyl (C=O) groups is 2. The summed E-state index contributed by atoms with van der Waals surface area (Å²) in [6.07, 6.45) is 2.27. The summed E-state index contributed by atoms with van der Waals surface area (Å²) in [6.45, 7) is 1.98. The van der Waals surface area contributed by atoms with Crippen molar-refractivity contribution in [3.05, 3.63) is 0 Å². The zero-order chi connectivity index (χ0) is 12.1. The molecule has 0 radical (unpaired) electrons. The summed E-state index contributed by atoms with van der Waals surface area (Å²) in [5.41, 5.74) is 0. The van der Waals surface area contributed by atoms with Crippen LogP contribution in [-0.4, -0.2) is 11.8 Å². The summed E-state index contributed by atoms with van der Waals surface area (Å²) in [5.74, 6) is -3.36. The Balaban J connectivity index is 2.92. The van der Waals surface area contributed by atoms with Gasteiger partial charge in [0.05, 0.1) is 12.1 Å². The van der Waals surface area contributed by atoms with Gasteiger partial charge in [0.2, 0.25) is 11.8 Å². The average Bonchev–Trinajstić information content (AvgIpc) is 2.26. The van der Waals surface area contributed by atoms with Crippen molar-refractivity contribution in [2.24, 2.45) is 17.8 Å². The minimum atomic E-state index is -0.881. The number of nitrogens with one attached hydrogen (secondary N) is 1. The molecule has 1 rings (SSSR count). The number of hydrogen-bond acceptors (Lipinski definition) is 4. The molecule has 1 N–H and O–H groups in total. The molecule has 3 atom stereocenters. The van der Waals surface area contributed by atoms with E-state index in [2.05, 4.69) is 5.32 Å². The first-order valence-electron chi connectivity index (χ1n) is 5.29. The lowest BCUT2D eigenvalue weighted by Crippen LogP contribution is -2.50. The van der Waals surface area contributed by atoms with Crippen LogP contribution in [0.3, 0.4) is 0 Å². The molecule has 1 aliphatic rings. The zero-order valence-electron chi connectivity index (χ0n) is 9.06. The zero-order valence-corrected chi connectivity index (χ0v) is 9.06. The molecule has 0 aromatic carbocycles. The van der Waals surface area contributed by atoms with Crippen LogP contribution < -0.4 is 5.32 Å². The molecule has 0 saturated carbocycles. The number of nitriles is 2. The molecule has 2 amide bonds. The third-order valence-electron chi connectivity index (χ3n) is 2.84. The Hall–Kier alpha value is -1.88. The molecule has 5 heteroatoms. The van der Waals surface area contributed by atoms with Crippen LogP contribution in [0.15, 0.2) is 0 Å². The summed E-state index contributed by atoms with van der Waals surface area (Å²) < 4.78 is 0. The lowest BCUT2D eigenvalue weighted by molar-refractivity contribution is -0.140. The third kappa shape index (κ3) is 2.20. The summed E-state index contributed by atoms with van der Waals surface area (Å²) in [7, 11) is 0. The lowest BCUT2D eigenvalue weighted by atomic mass is 9.76. The topological polar surface area (TPSA) is 93.8 Å². The fraction of sp³-hybridized carbons (Fsp3) is 0.636. The van der Waals surface area contributed by atoms with Crippen LogP contribution >= 0.6 is 0 Å². The van der Waals surface area contributed by atoms with E-state index in [1.54, 1.807) is 0 Å². The largest absolute Gasteiger partial charge is 0.294 e. The highest BCUT2D eigenvalue weighted by Crippen LogP contribution is 2.30. The Morgan fingerprint density at radius 1 is 1.19 bits per heavy atom. The number of unbranched alkanes of at least 4 members (excludes halogenated alkanes) is 1. The van der Waals surface area contributed by atoms with E-state index in [4.69, 9.17) is 10.5 Å². The maximum absolute atomic E-state index is 11.4. The number of nitrogens with zero attached hydrogens (tertiary/aromatic N) is 2. The Labute approximate surface area is 94.0 Å². The summed E-state index contributed by atoms with van der Waals surface area (Å²) in [5, 5.41) is 19.9. The Morgan fingerprint density at radius 2 is 1.69 bits per heavy atom. The summed E-state index contributed by atoms with van der Waals surface area (Å²) in [4.78, 5) is 22.8. The quantitative estimate of drug-likeness (QED) is 0.708. The van der Waals surface area contributed by atoms with Gasteiger partial charge in [-0.3, -0.25) is 14.9 Å². The van der Waals surface area contributed by atoms with Crippen LogP contribution in [0, 0.1) is 40.4 Å². The van der Waals surface area contributed by atoms with Gasteiger partial charge >= 0.3 is 0 Å². The van der Waals surface area contributed by atoms with Crippen molar-refractivity contribution in [3.8, 4) is 12.1 Å². The molecule has 1 saturated heterocycles. The van der Waals surface area contributed by atoms with Gasteiger partial charge in [-0.1, -0.05) is 19.8 Å². The van der Waals surface area contributed by atoms with Crippen LogP contribution in [0.5, 0.6) is 0 Å². The highest BCUT2D eigenvalue weighted by atomic mass is 16.2. The number of rotatable bonds is 3. The van der Waals surface area contributed by atoms with Crippen LogP contribution in [0.1, 0.15) is 26.2 Å². The van der Waals surface area contributed by atoms with Gasteiger partial charge in [0.1, 0.15) is 11.8 Å². The molecule has 1 aliphatic heterocycles. The Bertz CT molecular complexity index is 346. The molecule has 0 aromatic rings. The molecule has 5 nitrogen and oxygen atoms in total. The second-order valence-corrected chi connectivity index (χ2v) is 3.87. The van der Waals surface area contributed by atoms with Crippen molar-refractivity contribution in [1.82, 2.24) is 5.32 Å². The highest BCUT2D eigenvalue weighted by Gasteiger charge is 2.43. The minimum Gasteiger partial charge on any atom is -0.294 e. The van der Waals surface area contributed by atoms with Gasteiger partial charge in [-0.05, 0) is 6.42 Å². The summed E-state index contributed by atoms with van der Waals surface area (Å²) >= 11 is 0. The molecule has 0 aliphatic carbocycles. The lowest BCUT2D eigenvalue weighted by Gasteiger charge is -2.29. The summed E-state index contributed by atoms with van der Waals surface area (Å²) in [6, 6.07) is 3.76. The Kier molecular flexibility index (Phi) is 4.02. The number of carbonyl (C=O) groups excluding carboxylic acids is 2. The van der Waals surface area contributed by atoms with E-state index in [0.29, 0.717) is 6.42 Å². The first-order chi connectivity index (χ1) is 7.65. The standard InChI is InChI=1S/C11H13N3O2/c1-2-3-4-7-8(5-12)10(15)14-11(16)9(7)6-13/h7-9H,2-4H2,1H3,(H,14,15,16)/t7?,8-,9+. The number of amides is 2. The minimum absolute atomic E-state index is 0.462. The van der Waals surface area contributed by atoms with E-state index in [9.17, 15) is 9.59 Å². The van der Waals surface area contributed by atoms with Crippen molar-refractivity contribution < 1.29 is 9.59 Å².